The first-order valence-corrected chi connectivity index (χ1v) is 14.3. The first-order chi connectivity index (χ1) is 19.7. The molecule has 1 aliphatic rings. The van der Waals surface area contributed by atoms with Gasteiger partial charge in [-0.25, -0.2) is 0 Å². The normalized spacial score (nSPS) is 15.0. The predicted molar refractivity (Wildman–Crippen MR) is 160 cm³/mol. The van der Waals surface area contributed by atoms with Crippen molar-refractivity contribution >= 4 is 46.7 Å². The summed E-state index contributed by atoms with van der Waals surface area (Å²) in [5.74, 6) is 1.42. The van der Waals surface area contributed by atoms with E-state index in [1.54, 1.807) is 54.6 Å². The van der Waals surface area contributed by atoms with Gasteiger partial charge in [-0.3, -0.25) is 9.59 Å². The Morgan fingerprint density at radius 2 is 1.63 bits per heavy atom. The van der Waals surface area contributed by atoms with E-state index in [-0.39, 0.29) is 17.5 Å². The summed E-state index contributed by atoms with van der Waals surface area (Å²) in [6, 6.07) is 17.7. The molecule has 1 heterocycles. The second-order valence-corrected chi connectivity index (χ2v) is 10.7. The molecule has 1 fully saturated rings. The Labute approximate surface area is 241 Å². The van der Waals surface area contributed by atoms with E-state index in [4.69, 9.17) is 5.73 Å². The monoisotopic (exact) mass is 583 g/mol. The molecule has 1 unspecified atom stereocenters. The molecule has 3 aromatic carbocycles. The van der Waals surface area contributed by atoms with Crippen LogP contribution in [0.4, 0.5) is 30.2 Å². The van der Waals surface area contributed by atoms with Gasteiger partial charge < -0.3 is 26.6 Å². The van der Waals surface area contributed by atoms with Crippen LogP contribution in [0.1, 0.15) is 22.7 Å². The molecular weight excluding hydrogens is 551 g/mol. The van der Waals surface area contributed by atoms with Crippen molar-refractivity contribution in [2.24, 2.45) is 0 Å². The van der Waals surface area contributed by atoms with Gasteiger partial charge >= 0.3 is 6.18 Å². The van der Waals surface area contributed by atoms with Crippen LogP contribution in [0, 0.1) is 0 Å². The smallest absolute Gasteiger partial charge is 0.397 e. The summed E-state index contributed by atoms with van der Waals surface area (Å²) in [4.78, 5) is 27.9. The Hall–Kier alpha value is -3.80. The van der Waals surface area contributed by atoms with E-state index < -0.39 is 17.8 Å². The zero-order chi connectivity index (χ0) is 29.2. The lowest BCUT2D eigenvalue weighted by Gasteiger charge is -2.27. The van der Waals surface area contributed by atoms with Gasteiger partial charge in [-0.05, 0) is 53.6 Å². The van der Waals surface area contributed by atoms with Crippen molar-refractivity contribution < 1.29 is 22.8 Å². The number of hydrogen-bond donors (Lipinski definition) is 4. The number of nitrogens with two attached hydrogens (primary N) is 1. The van der Waals surface area contributed by atoms with E-state index in [1.807, 2.05) is 11.8 Å². The van der Waals surface area contributed by atoms with Crippen LogP contribution in [0.2, 0.25) is 0 Å². The zero-order valence-electron chi connectivity index (χ0n) is 22.3. The van der Waals surface area contributed by atoms with Crippen LogP contribution in [0.5, 0.6) is 0 Å². The Morgan fingerprint density at radius 1 is 0.951 bits per heavy atom. The van der Waals surface area contributed by atoms with E-state index in [0.29, 0.717) is 23.5 Å². The Kier molecular flexibility index (Phi) is 10.4. The number of para-hydroxylation sites is 2. The maximum atomic E-state index is 13.3. The molecule has 1 atom stereocenters. The highest BCUT2D eigenvalue weighted by Crippen LogP contribution is 2.30. The minimum absolute atomic E-state index is 0.271. The van der Waals surface area contributed by atoms with Gasteiger partial charge in [0.25, 0.3) is 0 Å². The second kappa shape index (κ2) is 14.2. The Balaban J connectivity index is 1.43. The molecule has 4 rings (SSSR count). The van der Waals surface area contributed by atoms with Gasteiger partial charge in [0, 0.05) is 49.4 Å². The highest BCUT2D eigenvalue weighted by molar-refractivity contribution is 7.99. The van der Waals surface area contributed by atoms with Crippen molar-refractivity contribution in [3.63, 3.8) is 0 Å². The lowest BCUT2D eigenvalue weighted by molar-refractivity contribution is -0.137. The topological polar surface area (TPSA) is 99.5 Å². The second-order valence-electron chi connectivity index (χ2n) is 9.48. The molecule has 41 heavy (non-hydrogen) atoms. The largest absolute Gasteiger partial charge is 0.416 e. The molecule has 216 valence electrons. The van der Waals surface area contributed by atoms with Crippen LogP contribution in [-0.4, -0.2) is 54.4 Å². The summed E-state index contributed by atoms with van der Waals surface area (Å²) in [7, 11) is 0. The molecule has 2 amide bonds. The van der Waals surface area contributed by atoms with Crippen molar-refractivity contribution in [3.05, 3.63) is 95.6 Å². The highest BCUT2D eigenvalue weighted by atomic mass is 32.2. The molecule has 0 bridgehead atoms. The van der Waals surface area contributed by atoms with Crippen molar-refractivity contribution in [2.45, 2.75) is 12.2 Å². The summed E-state index contributed by atoms with van der Waals surface area (Å²) < 4.78 is 38.8. The minimum Gasteiger partial charge on any atom is -0.397 e. The fourth-order valence-electron chi connectivity index (χ4n) is 4.27. The van der Waals surface area contributed by atoms with Crippen LogP contribution in [0.3, 0.4) is 0 Å². The molecule has 0 aromatic heterocycles. The summed E-state index contributed by atoms with van der Waals surface area (Å²) in [5, 5.41) is 8.76. The number of anilines is 3. The van der Waals surface area contributed by atoms with Crippen LogP contribution < -0.4 is 21.7 Å². The molecule has 7 nitrogen and oxygen atoms in total. The van der Waals surface area contributed by atoms with E-state index in [9.17, 15) is 22.8 Å². The quantitative estimate of drug-likeness (QED) is 0.192. The van der Waals surface area contributed by atoms with Crippen LogP contribution in [0.25, 0.3) is 6.08 Å². The third kappa shape index (κ3) is 9.10. The number of carbonyl (C=O) groups excluding carboxylic acids is 2. The number of amides is 2. The Morgan fingerprint density at radius 3 is 2.29 bits per heavy atom. The zero-order valence-corrected chi connectivity index (χ0v) is 23.1. The number of rotatable bonds is 10. The van der Waals surface area contributed by atoms with Crippen LogP contribution >= 0.6 is 11.8 Å². The molecule has 0 spiro atoms. The highest BCUT2D eigenvalue weighted by Gasteiger charge is 2.30. The number of alkyl halides is 3. The van der Waals surface area contributed by atoms with Crippen molar-refractivity contribution in [1.29, 1.82) is 0 Å². The van der Waals surface area contributed by atoms with Gasteiger partial charge in [0.1, 0.15) is 6.04 Å². The van der Waals surface area contributed by atoms with Crippen molar-refractivity contribution in [1.82, 2.24) is 10.2 Å². The summed E-state index contributed by atoms with van der Waals surface area (Å²) in [6.45, 7) is 3.30. The van der Waals surface area contributed by atoms with Gasteiger partial charge in [-0.15, -0.1) is 0 Å². The minimum atomic E-state index is -4.45. The van der Waals surface area contributed by atoms with E-state index in [1.165, 1.54) is 18.2 Å². The number of halogens is 3. The van der Waals surface area contributed by atoms with E-state index >= 15 is 0 Å². The lowest BCUT2D eigenvalue weighted by Crippen LogP contribution is -2.41. The van der Waals surface area contributed by atoms with Gasteiger partial charge in [0.15, 0.2) is 0 Å². The number of nitrogens with zero attached hydrogens (tertiary/aromatic N) is 1. The fraction of sp³-hybridized carbons (Fsp3) is 0.267. The average Bonchev–Trinajstić information content (AvgIpc) is 2.96. The first kappa shape index (κ1) is 30.2. The third-order valence-electron chi connectivity index (χ3n) is 6.54. The van der Waals surface area contributed by atoms with Gasteiger partial charge in [0.2, 0.25) is 11.8 Å². The van der Waals surface area contributed by atoms with Crippen molar-refractivity contribution in [3.8, 4) is 0 Å². The van der Waals surface area contributed by atoms with Gasteiger partial charge in [0.05, 0.1) is 16.9 Å². The summed E-state index contributed by atoms with van der Waals surface area (Å²) in [5.41, 5.74) is 7.77. The molecule has 3 aromatic rings. The number of thioether (sulfide) groups is 1. The maximum absolute atomic E-state index is 13.3. The van der Waals surface area contributed by atoms with E-state index in [0.717, 1.165) is 48.8 Å². The Bertz CT molecular complexity index is 1340. The molecule has 0 aliphatic carbocycles. The molecule has 0 saturated carbocycles. The number of benzene rings is 3. The summed E-state index contributed by atoms with van der Waals surface area (Å²) >= 11 is 1.92. The molecule has 0 radical (unpaired) electrons. The summed E-state index contributed by atoms with van der Waals surface area (Å²) in [6.07, 6.45) is -1.41. The van der Waals surface area contributed by atoms with E-state index in [2.05, 4.69) is 20.9 Å². The lowest BCUT2D eigenvalue weighted by atomic mass is 10.0. The maximum Gasteiger partial charge on any atom is 0.416 e. The average molecular weight is 584 g/mol. The molecule has 11 heteroatoms. The van der Waals surface area contributed by atoms with Crippen LogP contribution in [-0.2, 0) is 15.8 Å². The predicted octanol–water partition coefficient (Wildman–Crippen LogP) is 5.26. The number of nitrogen functional groups attached to an aromatic ring is 1. The standard InChI is InChI=1S/C30H32F3N5O2S/c31-30(32,33)23-10-12-24(13-11-23)36-29(40)28(35-15-16-38-17-19-41-20-18-38)22-8-5-21(6-9-22)7-14-27(39)37-26-4-2-1-3-25(26)34/h1-14,28,35H,15-20,34H2,(H,36,40)(H,37,39)/b14-7+. The molecule has 1 saturated heterocycles. The third-order valence-corrected chi connectivity index (χ3v) is 7.48. The molecular formula is C30H32F3N5O2S. The number of nitrogens with one attached hydrogen (secondary N) is 3. The molecule has 1 aliphatic heterocycles. The van der Waals surface area contributed by atoms with Gasteiger partial charge in [-0.2, -0.15) is 24.9 Å². The van der Waals surface area contributed by atoms with Gasteiger partial charge in [-0.1, -0.05) is 36.4 Å². The van der Waals surface area contributed by atoms with Crippen LogP contribution in [0.15, 0.2) is 78.9 Å². The first-order valence-electron chi connectivity index (χ1n) is 13.1. The number of carbonyl (C=O) groups is 2. The molecule has 5 N–H and O–H groups in total. The fourth-order valence-corrected chi connectivity index (χ4v) is 5.25. The van der Waals surface area contributed by atoms with Crippen molar-refractivity contribution in [2.75, 3.05) is 54.1 Å². The number of hydrogen-bond acceptors (Lipinski definition) is 6. The SMILES string of the molecule is Nc1ccccc1NC(=O)/C=C/c1ccc(C(NCCN2CCSCC2)C(=O)Nc2ccc(C(F)(F)F)cc2)cc1.